The van der Waals surface area contributed by atoms with Gasteiger partial charge in [0, 0.05) is 30.2 Å². The third-order valence-corrected chi connectivity index (χ3v) is 5.25. The van der Waals surface area contributed by atoms with Crippen molar-refractivity contribution in [3.63, 3.8) is 0 Å². The fourth-order valence-electron chi connectivity index (χ4n) is 3.54. The summed E-state index contributed by atoms with van der Waals surface area (Å²) in [5.74, 6) is 2.58. The number of H-pyrrole nitrogens is 1. The van der Waals surface area contributed by atoms with Crippen molar-refractivity contribution in [2.24, 2.45) is 0 Å². The van der Waals surface area contributed by atoms with Gasteiger partial charge in [-0.05, 0) is 29.7 Å². The van der Waals surface area contributed by atoms with Crippen LogP contribution in [0.2, 0.25) is 0 Å². The first kappa shape index (κ1) is 25.8. The lowest BCUT2D eigenvalue weighted by molar-refractivity contribution is 0.611. The van der Waals surface area contributed by atoms with E-state index in [-0.39, 0.29) is 14.9 Å². The molecule has 0 saturated heterocycles. The van der Waals surface area contributed by atoms with Crippen LogP contribution in [0.4, 0.5) is 0 Å². The minimum absolute atomic E-state index is 0. The van der Waals surface area contributed by atoms with E-state index in [2.05, 4.69) is 40.5 Å². The van der Waals surface area contributed by atoms with E-state index < -0.39 is 0 Å². The molecule has 0 amide bonds. The highest BCUT2D eigenvalue weighted by atomic mass is 15.5. The maximum atomic E-state index is 4.80. The quantitative estimate of drug-likeness (QED) is 0.343. The van der Waals surface area contributed by atoms with Crippen molar-refractivity contribution in [2.45, 2.75) is 73.8 Å². The number of aryl methyl sites for hydroxylation is 2. The summed E-state index contributed by atoms with van der Waals surface area (Å²) < 4.78 is 2.05. The number of pyridine rings is 1. The van der Waals surface area contributed by atoms with E-state index in [9.17, 15) is 0 Å². The number of hydrogen-bond donors (Lipinski definition) is 1. The molecule has 0 aliphatic carbocycles. The first-order chi connectivity index (χ1) is 15.3. The molecule has 1 N–H and O–H groups in total. The van der Waals surface area contributed by atoms with Crippen molar-refractivity contribution in [1.82, 2.24) is 40.4 Å². The van der Waals surface area contributed by atoms with Crippen LogP contribution in [0, 0.1) is 0 Å². The summed E-state index contributed by atoms with van der Waals surface area (Å²) in [5.41, 5.74) is 3.85. The van der Waals surface area contributed by atoms with Crippen LogP contribution in [-0.2, 0) is 19.4 Å². The Kier molecular flexibility index (Phi) is 9.84. The van der Waals surface area contributed by atoms with Crippen molar-refractivity contribution in [3.05, 3.63) is 59.8 Å². The summed E-state index contributed by atoms with van der Waals surface area (Å²) in [6, 6.07) is 12.1. The van der Waals surface area contributed by atoms with Gasteiger partial charge in [0.1, 0.15) is 5.82 Å². The number of nitrogens with zero attached hydrogens (tertiary/aromatic N) is 7. The van der Waals surface area contributed by atoms with E-state index in [4.69, 9.17) is 15.1 Å². The van der Waals surface area contributed by atoms with Gasteiger partial charge in [-0.2, -0.15) is 10.3 Å². The second kappa shape index (κ2) is 12.6. The molecule has 3 heterocycles. The van der Waals surface area contributed by atoms with Gasteiger partial charge in [-0.15, -0.1) is 10.2 Å². The molecule has 176 valence electrons. The molecule has 4 aromatic rings. The van der Waals surface area contributed by atoms with Crippen LogP contribution in [0.25, 0.3) is 22.6 Å². The van der Waals surface area contributed by atoms with Crippen LogP contribution in [0.1, 0.15) is 71.6 Å². The van der Waals surface area contributed by atoms with Gasteiger partial charge >= 0.3 is 0 Å². The van der Waals surface area contributed by atoms with E-state index in [1.807, 2.05) is 41.2 Å². The zero-order chi connectivity index (χ0) is 21.5. The van der Waals surface area contributed by atoms with Gasteiger partial charge in [0.2, 0.25) is 5.82 Å². The molecule has 1 aromatic carbocycles. The minimum atomic E-state index is 0. The fourth-order valence-corrected chi connectivity index (χ4v) is 3.54. The topological polar surface area (TPSA) is 98.1 Å². The summed E-state index contributed by atoms with van der Waals surface area (Å²) in [6.45, 7) is 5.07. The van der Waals surface area contributed by atoms with Crippen LogP contribution in [0.5, 0.6) is 0 Å². The molecule has 4 rings (SSSR count). The average molecular weight is 449 g/mol. The molecule has 3 aromatic heterocycles. The van der Waals surface area contributed by atoms with Gasteiger partial charge in [0.15, 0.2) is 5.82 Å². The second-order valence-corrected chi connectivity index (χ2v) is 7.64. The van der Waals surface area contributed by atoms with Crippen LogP contribution in [0.15, 0.2) is 42.6 Å². The summed E-state index contributed by atoms with van der Waals surface area (Å²) in [7, 11) is 0. The molecule has 0 atom stereocenters. The molecular formula is C25H36N8. The number of aromatic nitrogens is 8. The Hall–Kier alpha value is -3.42. The Bertz CT molecular complexity index is 1080. The van der Waals surface area contributed by atoms with Crippen molar-refractivity contribution in [1.29, 1.82) is 0 Å². The number of aromatic amines is 1. The largest absolute Gasteiger partial charge is 0.256 e. The van der Waals surface area contributed by atoms with Crippen LogP contribution >= 0.6 is 0 Å². The van der Waals surface area contributed by atoms with Crippen LogP contribution < -0.4 is 0 Å². The van der Waals surface area contributed by atoms with Gasteiger partial charge in [0.25, 0.3) is 0 Å². The zero-order valence-corrected chi connectivity index (χ0v) is 18.1. The lowest BCUT2D eigenvalue weighted by Crippen LogP contribution is -2.07. The summed E-state index contributed by atoms with van der Waals surface area (Å²) in [4.78, 5) is 9.51. The summed E-state index contributed by atoms with van der Waals surface area (Å²) >= 11 is 0. The molecule has 33 heavy (non-hydrogen) atoms. The highest BCUT2D eigenvalue weighted by molar-refractivity contribution is 5.78. The summed E-state index contributed by atoms with van der Waals surface area (Å²) in [5, 5.41) is 19.2. The van der Waals surface area contributed by atoms with Gasteiger partial charge in [0.05, 0.1) is 12.2 Å². The lowest BCUT2D eigenvalue weighted by Gasteiger charge is -2.08. The third kappa shape index (κ3) is 6.31. The smallest absolute Gasteiger partial charge is 0.205 e. The molecule has 0 unspecified atom stereocenters. The first-order valence-electron chi connectivity index (χ1n) is 11.0. The molecule has 0 radical (unpaired) electrons. The minimum Gasteiger partial charge on any atom is -0.256 e. The van der Waals surface area contributed by atoms with E-state index >= 15 is 0 Å². The predicted octanol–water partition coefficient (Wildman–Crippen LogP) is 5.53. The van der Waals surface area contributed by atoms with Crippen LogP contribution in [-0.4, -0.2) is 40.4 Å². The highest BCUT2D eigenvalue weighted by Gasteiger charge is 2.13. The van der Waals surface area contributed by atoms with Crippen molar-refractivity contribution in [3.8, 4) is 22.6 Å². The number of nitrogens with one attached hydrogen (secondary N) is 1. The molecule has 0 saturated carbocycles. The Morgan fingerprint density at radius 2 is 1.67 bits per heavy atom. The normalized spacial score (nSPS) is 10.5. The van der Waals surface area contributed by atoms with Crippen molar-refractivity contribution >= 4 is 0 Å². The maximum absolute atomic E-state index is 4.80. The Balaban J connectivity index is 0.00000193. The van der Waals surface area contributed by atoms with E-state index in [1.54, 1.807) is 0 Å². The van der Waals surface area contributed by atoms with Gasteiger partial charge in [-0.1, -0.05) is 71.9 Å². The molecule has 0 aliphatic heterocycles. The third-order valence-electron chi connectivity index (χ3n) is 5.25. The fraction of sp³-hybridized carbons (Fsp3) is 0.440. The van der Waals surface area contributed by atoms with Gasteiger partial charge in [-0.3, -0.25) is 4.98 Å². The molecule has 8 heteroatoms. The van der Waals surface area contributed by atoms with Gasteiger partial charge < -0.3 is 0 Å². The Labute approximate surface area is 196 Å². The number of tetrazole rings is 1. The van der Waals surface area contributed by atoms with Crippen molar-refractivity contribution in [2.75, 3.05) is 0 Å². The van der Waals surface area contributed by atoms with E-state index in [0.29, 0.717) is 12.4 Å². The molecule has 0 fully saturated rings. The molecular weight excluding hydrogens is 412 g/mol. The average Bonchev–Trinajstić information content (AvgIpc) is 3.47. The second-order valence-electron chi connectivity index (χ2n) is 7.64. The number of benzene rings is 1. The molecule has 0 spiro atoms. The number of hydrogen-bond acceptors (Lipinski definition) is 6. The Morgan fingerprint density at radius 1 is 0.909 bits per heavy atom. The van der Waals surface area contributed by atoms with E-state index in [0.717, 1.165) is 72.6 Å². The Morgan fingerprint density at radius 3 is 2.33 bits per heavy atom. The maximum Gasteiger partial charge on any atom is 0.205 e. The zero-order valence-electron chi connectivity index (χ0n) is 18.1. The molecule has 8 nitrogen and oxygen atoms in total. The van der Waals surface area contributed by atoms with E-state index in [1.165, 1.54) is 0 Å². The van der Waals surface area contributed by atoms with Crippen LogP contribution in [0.3, 0.4) is 0 Å². The SMILES string of the molecule is C.C.CCCCc1nc(CCCC)n(Cc2ccc(-c3ccccc3-c3nn[nH]n3)nc2)n1. The highest BCUT2D eigenvalue weighted by Crippen LogP contribution is 2.28. The number of rotatable bonds is 10. The summed E-state index contributed by atoms with van der Waals surface area (Å²) in [6.07, 6.45) is 8.34. The predicted molar refractivity (Wildman–Crippen MR) is 133 cm³/mol. The van der Waals surface area contributed by atoms with Crippen molar-refractivity contribution < 1.29 is 0 Å². The monoisotopic (exact) mass is 448 g/mol. The van der Waals surface area contributed by atoms with Gasteiger partial charge in [-0.25, -0.2) is 9.67 Å². The molecule has 0 bridgehead atoms. The lowest BCUT2D eigenvalue weighted by atomic mass is 10.0. The number of unbranched alkanes of at least 4 members (excludes halogenated alkanes) is 2. The molecule has 0 aliphatic rings. The standard InChI is InChI=1S/C23H28N8.2CH4/c1-3-5-11-21-25-22(12-6-4-2)31(28-21)16-17-13-14-20(24-15-17)18-9-7-8-10-19(18)23-26-29-30-27-23;;/h7-10,13-15H,3-6,11-12,16H2,1-2H3,(H,26,27,29,30);2*1H4. The first-order valence-corrected chi connectivity index (χ1v) is 11.0.